The van der Waals surface area contributed by atoms with Crippen molar-refractivity contribution in [2.75, 3.05) is 7.05 Å². The van der Waals surface area contributed by atoms with Gasteiger partial charge in [-0.15, -0.1) is 0 Å². The van der Waals surface area contributed by atoms with Crippen LogP contribution in [0.3, 0.4) is 0 Å². The fraction of sp³-hybridized carbons (Fsp3) is 0.474. The van der Waals surface area contributed by atoms with Gasteiger partial charge in [0.15, 0.2) is 11.7 Å². The number of carbonyl (C=O) groups excluding carboxylic acids is 2. The summed E-state index contributed by atoms with van der Waals surface area (Å²) in [6.07, 6.45) is 5.70. The maximum Gasteiger partial charge on any atom is 0.244 e. The van der Waals surface area contributed by atoms with Crippen molar-refractivity contribution in [2.24, 2.45) is 5.92 Å². The number of ketones is 1. The first-order valence-corrected chi connectivity index (χ1v) is 8.74. The van der Waals surface area contributed by atoms with Gasteiger partial charge in [-0.1, -0.05) is 31.4 Å². The highest BCUT2D eigenvalue weighted by atomic mass is 16.2. The van der Waals surface area contributed by atoms with Gasteiger partial charge in [-0.2, -0.15) is 5.26 Å². The first kappa shape index (κ1) is 17.2. The van der Waals surface area contributed by atoms with Crippen LogP contribution >= 0.6 is 0 Å². The van der Waals surface area contributed by atoms with E-state index in [0.717, 1.165) is 29.7 Å². The van der Waals surface area contributed by atoms with Crippen LogP contribution < -0.4 is 5.32 Å². The second-order valence-corrected chi connectivity index (χ2v) is 6.52. The molecule has 1 fully saturated rings. The number of Topliss-reactive ketones (excluding diaryl/α,β-unsaturated/α-hetero) is 1. The zero-order valence-electron chi connectivity index (χ0n) is 14.4. The van der Waals surface area contributed by atoms with Crippen molar-refractivity contribution in [1.82, 2.24) is 14.9 Å². The first-order chi connectivity index (χ1) is 12.2. The molecule has 0 radical (unpaired) electrons. The lowest BCUT2D eigenvalue weighted by Crippen LogP contribution is -2.34. The Morgan fingerprint density at radius 2 is 2.04 bits per heavy atom. The van der Waals surface area contributed by atoms with Crippen LogP contribution in [-0.4, -0.2) is 28.3 Å². The molecular weight excluding hydrogens is 316 g/mol. The monoisotopic (exact) mass is 338 g/mol. The summed E-state index contributed by atoms with van der Waals surface area (Å²) >= 11 is 0. The summed E-state index contributed by atoms with van der Waals surface area (Å²) in [4.78, 5) is 29.1. The fourth-order valence-corrected chi connectivity index (χ4v) is 3.60. The lowest BCUT2D eigenvalue weighted by atomic mass is 9.88. The Bertz CT molecular complexity index is 828. The van der Waals surface area contributed by atoms with E-state index < -0.39 is 17.6 Å². The number of nitrogens with zero attached hydrogens (tertiary/aromatic N) is 3. The summed E-state index contributed by atoms with van der Waals surface area (Å²) in [6.45, 7) is -0.00199. The average molecular weight is 338 g/mol. The minimum atomic E-state index is -1.29. The summed E-state index contributed by atoms with van der Waals surface area (Å²) in [7, 11) is 1.43. The maximum absolute atomic E-state index is 12.6. The molecule has 3 rings (SSSR count). The Balaban J connectivity index is 1.97. The summed E-state index contributed by atoms with van der Waals surface area (Å²) < 4.78 is 1.90. The van der Waals surface area contributed by atoms with Crippen molar-refractivity contribution < 1.29 is 9.59 Å². The molecule has 1 N–H and O–H groups in total. The SMILES string of the molecule is CNC(=O)[C@H](C#N)C(=O)Cn1c(C2CCCCC2)nc2ccccc21. The average Bonchev–Trinajstić information content (AvgIpc) is 3.01. The van der Waals surface area contributed by atoms with Gasteiger partial charge in [0.2, 0.25) is 5.91 Å². The normalized spacial score (nSPS) is 16.3. The van der Waals surface area contributed by atoms with Crippen LogP contribution in [-0.2, 0) is 16.1 Å². The lowest BCUT2D eigenvalue weighted by molar-refractivity contribution is -0.131. The van der Waals surface area contributed by atoms with E-state index in [-0.39, 0.29) is 6.54 Å². The van der Waals surface area contributed by atoms with Crippen LogP contribution in [0.4, 0.5) is 0 Å². The van der Waals surface area contributed by atoms with Gasteiger partial charge in [0.1, 0.15) is 5.82 Å². The van der Waals surface area contributed by atoms with Crippen LogP contribution in [0.5, 0.6) is 0 Å². The molecule has 6 nitrogen and oxygen atoms in total. The second kappa shape index (κ2) is 7.47. The number of fused-ring (bicyclic) bond motifs is 1. The predicted molar refractivity (Wildman–Crippen MR) is 93.7 cm³/mol. The minimum absolute atomic E-state index is 0.00199. The molecule has 0 aliphatic heterocycles. The summed E-state index contributed by atoms with van der Waals surface area (Å²) in [5, 5.41) is 11.6. The number of aromatic nitrogens is 2. The molecule has 0 unspecified atom stereocenters. The van der Waals surface area contributed by atoms with Crippen LogP contribution in [0.15, 0.2) is 24.3 Å². The third kappa shape index (κ3) is 3.41. The molecule has 130 valence electrons. The number of nitriles is 1. The molecule has 1 aromatic carbocycles. The molecule has 6 heteroatoms. The van der Waals surface area contributed by atoms with E-state index in [0.29, 0.717) is 5.92 Å². The van der Waals surface area contributed by atoms with Gasteiger partial charge in [0.05, 0.1) is 23.6 Å². The zero-order valence-corrected chi connectivity index (χ0v) is 14.4. The van der Waals surface area contributed by atoms with Crippen molar-refractivity contribution in [3.63, 3.8) is 0 Å². The molecule has 1 heterocycles. The number of para-hydroxylation sites is 2. The second-order valence-electron chi connectivity index (χ2n) is 6.52. The van der Waals surface area contributed by atoms with Crippen molar-refractivity contribution in [3.8, 4) is 6.07 Å². The summed E-state index contributed by atoms with van der Waals surface area (Å²) in [6, 6.07) is 9.52. The van der Waals surface area contributed by atoms with E-state index in [1.165, 1.54) is 26.3 Å². The number of carbonyl (C=O) groups is 2. The van der Waals surface area contributed by atoms with Gasteiger partial charge in [-0.3, -0.25) is 9.59 Å². The molecule has 1 atom stereocenters. The van der Waals surface area contributed by atoms with Gasteiger partial charge >= 0.3 is 0 Å². The van der Waals surface area contributed by atoms with E-state index in [2.05, 4.69) is 5.32 Å². The largest absolute Gasteiger partial charge is 0.358 e. The third-order valence-corrected chi connectivity index (χ3v) is 4.93. The first-order valence-electron chi connectivity index (χ1n) is 8.74. The zero-order chi connectivity index (χ0) is 17.8. The molecule has 0 spiro atoms. The number of imidazole rings is 1. The van der Waals surface area contributed by atoms with E-state index in [1.807, 2.05) is 34.9 Å². The topological polar surface area (TPSA) is 87.8 Å². The molecule has 0 bridgehead atoms. The fourth-order valence-electron chi connectivity index (χ4n) is 3.60. The number of hydrogen-bond acceptors (Lipinski definition) is 4. The number of amides is 1. The van der Waals surface area contributed by atoms with Crippen LogP contribution in [0.2, 0.25) is 0 Å². The van der Waals surface area contributed by atoms with Crippen LogP contribution in [0.1, 0.15) is 43.8 Å². The molecule has 1 aromatic heterocycles. The van der Waals surface area contributed by atoms with Crippen molar-refractivity contribution >= 4 is 22.7 Å². The Morgan fingerprint density at radius 3 is 2.72 bits per heavy atom. The Hall–Kier alpha value is -2.68. The quantitative estimate of drug-likeness (QED) is 0.849. The number of rotatable bonds is 5. The van der Waals surface area contributed by atoms with Crippen molar-refractivity contribution in [1.29, 1.82) is 5.26 Å². The van der Waals surface area contributed by atoms with Crippen molar-refractivity contribution in [3.05, 3.63) is 30.1 Å². The highest BCUT2D eigenvalue weighted by Gasteiger charge is 2.28. The van der Waals surface area contributed by atoms with E-state index in [4.69, 9.17) is 4.98 Å². The van der Waals surface area contributed by atoms with Gasteiger partial charge < -0.3 is 9.88 Å². The van der Waals surface area contributed by atoms with E-state index >= 15 is 0 Å². The lowest BCUT2D eigenvalue weighted by Gasteiger charge is -2.22. The molecule has 2 aromatic rings. The molecule has 1 amide bonds. The predicted octanol–water partition coefficient (Wildman–Crippen LogP) is 2.54. The van der Waals surface area contributed by atoms with Gasteiger partial charge in [0, 0.05) is 13.0 Å². The Morgan fingerprint density at radius 1 is 1.32 bits per heavy atom. The number of benzene rings is 1. The van der Waals surface area contributed by atoms with Crippen LogP contribution in [0, 0.1) is 17.2 Å². The Labute approximate surface area is 146 Å². The number of nitrogens with one attached hydrogen (secondary N) is 1. The van der Waals surface area contributed by atoms with Gasteiger partial charge in [0.25, 0.3) is 0 Å². The summed E-state index contributed by atoms with van der Waals surface area (Å²) in [5.41, 5.74) is 1.73. The van der Waals surface area contributed by atoms with Crippen molar-refractivity contribution in [2.45, 2.75) is 44.6 Å². The van der Waals surface area contributed by atoms with Crippen LogP contribution in [0.25, 0.3) is 11.0 Å². The van der Waals surface area contributed by atoms with Gasteiger partial charge in [-0.25, -0.2) is 4.98 Å². The summed E-state index contributed by atoms with van der Waals surface area (Å²) in [5.74, 6) is -1.01. The highest BCUT2D eigenvalue weighted by Crippen LogP contribution is 2.34. The third-order valence-electron chi connectivity index (χ3n) is 4.93. The Kier molecular flexibility index (Phi) is 5.13. The molecule has 0 saturated heterocycles. The minimum Gasteiger partial charge on any atom is -0.358 e. The molecule has 25 heavy (non-hydrogen) atoms. The standard InChI is InChI=1S/C19H22N4O2/c1-21-19(25)14(11-20)17(24)12-23-16-10-6-5-9-15(16)22-18(23)13-7-3-2-4-8-13/h5-6,9-10,13-14H,2-4,7-8,12H2,1H3,(H,21,25)/t14-/m1/s1. The van der Waals surface area contributed by atoms with Gasteiger partial charge in [-0.05, 0) is 25.0 Å². The smallest absolute Gasteiger partial charge is 0.244 e. The maximum atomic E-state index is 12.6. The van der Waals surface area contributed by atoms with E-state index in [1.54, 1.807) is 0 Å². The number of hydrogen-bond donors (Lipinski definition) is 1. The van der Waals surface area contributed by atoms with E-state index in [9.17, 15) is 14.9 Å². The molecule has 1 saturated carbocycles. The molecule has 1 aliphatic carbocycles. The highest BCUT2D eigenvalue weighted by molar-refractivity contribution is 6.04. The molecule has 1 aliphatic rings. The molecular formula is C19H22N4O2.